The highest BCUT2D eigenvalue weighted by Crippen LogP contribution is 2.45. The van der Waals surface area contributed by atoms with Crippen molar-refractivity contribution in [2.45, 2.75) is 349 Å². The number of rotatable bonds is 65. The van der Waals surface area contributed by atoms with Crippen LogP contribution in [-0.4, -0.2) is 96.7 Å². The minimum Gasteiger partial charge on any atom is -0.462 e. The molecule has 19 heteroatoms. The van der Waals surface area contributed by atoms with Crippen LogP contribution in [0.5, 0.6) is 0 Å². The van der Waals surface area contributed by atoms with Gasteiger partial charge in [0.1, 0.15) is 19.3 Å². The molecule has 0 aromatic heterocycles. The molecule has 0 bridgehead atoms. The zero-order valence-electron chi connectivity index (χ0n) is 54.9. The minimum absolute atomic E-state index is 0.102. The summed E-state index contributed by atoms with van der Waals surface area (Å²) in [4.78, 5) is 72.0. The lowest BCUT2D eigenvalue weighted by atomic mass is 10.00. The average Bonchev–Trinajstić information content (AvgIpc) is 3.50. The van der Waals surface area contributed by atoms with Crippen LogP contribution in [0.15, 0.2) is 0 Å². The van der Waals surface area contributed by atoms with Crippen LogP contribution in [0, 0.1) is 11.8 Å². The van der Waals surface area contributed by atoms with E-state index in [0.29, 0.717) is 25.7 Å². The standard InChI is InChI=1S/C66H128O17P2/c1-7-10-12-14-15-16-17-18-19-20-21-22-23-24-27-31-38-44-50-65(70)82-62(55-77-64(69)49-43-37-30-28-25-26-29-35-40-46-58(4)5)57-81-85(74,75)79-53-60(67)52-78-84(72,73)80-56-61(54-76-63(68)48-42-34-13-11-8-2)83-66(71)51-45-39-33-32-36-41-47-59(6)9-3/h58-62,67H,7-57H2,1-6H3,(H,72,73)(H,74,75)/t59?,60-,61+,62+/m0/s1. The van der Waals surface area contributed by atoms with Gasteiger partial charge in [-0.3, -0.25) is 37.3 Å². The van der Waals surface area contributed by atoms with E-state index < -0.39 is 97.5 Å². The van der Waals surface area contributed by atoms with Gasteiger partial charge in [-0.1, -0.05) is 279 Å². The molecule has 3 N–H and O–H groups in total. The number of ether oxygens (including phenoxy) is 4. The number of aliphatic hydroxyl groups excluding tert-OH is 1. The number of esters is 4. The second kappa shape index (κ2) is 58.4. The highest BCUT2D eigenvalue weighted by Gasteiger charge is 2.30. The van der Waals surface area contributed by atoms with Crippen molar-refractivity contribution < 1.29 is 80.2 Å². The second-order valence-electron chi connectivity index (χ2n) is 24.6. The summed E-state index contributed by atoms with van der Waals surface area (Å²) < 4.78 is 67.9. The average molecular weight is 1260 g/mol. The van der Waals surface area contributed by atoms with Crippen LogP contribution in [0.2, 0.25) is 0 Å². The lowest BCUT2D eigenvalue weighted by Crippen LogP contribution is -2.30. The van der Waals surface area contributed by atoms with E-state index in [9.17, 15) is 43.2 Å². The van der Waals surface area contributed by atoms with Gasteiger partial charge in [0.05, 0.1) is 26.4 Å². The number of carbonyl (C=O) groups is 4. The molecule has 0 amide bonds. The lowest BCUT2D eigenvalue weighted by molar-refractivity contribution is -0.161. The molecule has 0 heterocycles. The van der Waals surface area contributed by atoms with Crippen molar-refractivity contribution in [3.05, 3.63) is 0 Å². The maximum absolute atomic E-state index is 13.0. The van der Waals surface area contributed by atoms with Gasteiger partial charge in [-0.2, -0.15) is 0 Å². The van der Waals surface area contributed by atoms with Gasteiger partial charge in [-0.15, -0.1) is 0 Å². The summed E-state index contributed by atoms with van der Waals surface area (Å²) in [5.41, 5.74) is 0. The van der Waals surface area contributed by atoms with Gasteiger partial charge in [0.15, 0.2) is 12.2 Å². The van der Waals surface area contributed by atoms with E-state index in [2.05, 4.69) is 41.5 Å². The van der Waals surface area contributed by atoms with Gasteiger partial charge >= 0.3 is 39.5 Å². The topological polar surface area (TPSA) is 237 Å². The number of hydrogen-bond donors (Lipinski definition) is 3. The van der Waals surface area contributed by atoms with Crippen LogP contribution in [-0.2, 0) is 65.4 Å². The maximum atomic E-state index is 13.0. The number of phosphoric acid groups is 2. The first kappa shape index (κ1) is 83.1. The molecule has 0 aliphatic carbocycles. The number of unbranched alkanes of at least 4 members (excludes halogenated alkanes) is 34. The van der Waals surface area contributed by atoms with E-state index in [4.69, 9.17) is 37.0 Å². The molecule has 0 spiro atoms. The van der Waals surface area contributed by atoms with Crippen LogP contribution in [0.4, 0.5) is 0 Å². The minimum atomic E-state index is -4.95. The van der Waals surface area contributed by atoms with Crippen molar-refractivity contribution in [1.82, 2.24) is 0 Å². The predicted octanol–water partition coefficient (Wildman–Crippen LogP) is 18.4. The van der Waals surface area contributed by atoms with Crippen molar-refractivity contribution >= 4 is 39.5 Å². The normalized spacial score (nSPS) is 14.6. The van der Waals surface area contributed by atoms with E-state index >= 15 is 0 Å². The Bertz CT molecular complexity index is 1670. The Morgan fingerprint density at radius 3 is 0.894 bits per heavy atom. The Morgan fingerprint density at radius 2 is 0.600 bits per heavy atom. The van der Waals surface area contributed by atoms with E-state index in [0.717, 1.165) is 108 Å². The van der Waals surface area contributed by atoms with Crippen molar-refractivity contribution in [2.24, 2.45) is 11.8 Å². The van der Waals surface area contributed by atoms with Crippen LogP contribution in [0.1, 0.15) is 330 Å². The van der Waals surface area contributed by atoms with E-state index in [-0.39, 0.29) is 25.7 Å². The molecule has 0 radical (unpaired) electrons. The molecule has 0 aromatic carbocycles. The smallest absolute Gasteiger partial charge is 0.462 e. The molecule has 85 heavy (non-hydrogen) atoms. The Hall–Kier alpha value is -1.94. The van der Waals surface area contributed by atoms with Crippen molar-refractivity contribution in [3.63, 3.8) is 0 Å². The van der Waals surface area contributed by atoms with Gasteiger partial charge < -0.3 is 33.8 Å². The van der Waals surface area contributed by atoms with E-state index in [1.165, 1.54) is 141 Å². The SMILES string of the molecule is CCCCCCCCCCCCCCCCCCCCC(=O)O[C@H](COC(=O)CCCCCCCCCCCC(C)C)COP(=O)(O)OC[C@@H](O)COP(=O)(O)OC[C@@H](COC(=O)CCCCCCC)OC(=O)CCCCCCCCC(C)CC. The van der Waals surface area contributed by atoms with Gasteiger partial charge in [0.2, 0.25) is 0 Å². The van der Waals surface area contributed by atoms with Gasteiger partial charge in [-0.05, 0) is 37.5 Å². The molecule has 0 rings (SSSR count). The summed E-state index contributed by atoms with van der Waals surface area (Å²) in [6.45, 7) is 9.36. The monoisotopic (exact) mass is 1250 g/mol. The first-order valence-electron chi connectivity index (χ1n) is 34.5. The van der Waals surface area contributed by atoms with Crippen LogP contribution in [0.3, 0.4) is 0 Å². The third-order valence-corrected chi connectivity index (χ3v) is 17.5. The lowest BCUT2D eigenvalue weighted by Gasteiger charge is -2.21. The third-order valence-electron chi connectivity index (χ3n) is 15.6. The Labute approximate surface area is 517 Å². The molecular weight excluding hydrogens is 1130 g/mol. The molecule has 0 aliphatic heterocycles. The van der Waals surface area contributed by atoms with Crippen molar-refractivity contribution in [2.75, 3.05) is 39.6 Å². The first-order valence-corrected chi connectivity index (χ1v) is 37.5. The van der Waals surface area contributed by atoms with E-state index in [1.54, 1.807) is 0 Å². The summed E-state index contributed by atoms with van der Waals surface area (Å²) in [6.07, 6.45) is 42.2. The first-order chi connectivity index (χ1) is 40.9. The number of carbonyl (C=O) groups excluding carboxylic acids is 4. The highest BCUT2D eigenvalue weighted by atomic mass is 31.2. The fourth-order valence-corrected chi connectivity index (χ4v) is 11.4. The van der Waals surface area contributed by atoms with Crippen LogP contribution < -0.4 is 0 Å². The van der Waals surface area contributed by atoms with Gasteiger partial charge in [0, 0.05) is 25.7 Å². The fourth-order valence-electron chi connectivity index (χ4n) is 9.85. The third kappa shape index (κ3) is 59.5. The van der Waals surface area contributed by atoms with Crippen LogP contribution >= 0.6 is 15.6 Å². The molecule has 504 valence electrons. The van der Waals surface area contributed by atoms with Crippen molar-refractivity contribution in [3.8, 4) is 0 Å². The van der Waals surface area contributed by atoms with Crippen LogP contribution in [0.25, 0.3) is 0 Å². The van der Waals surface area contributed by atoms with E-state index in [1.807, 2.05) is 0 Å². The molecule has 0 saturated heterocycles. The molecule has 6 atom stereocenters. The zero-order chi connectivity index (χ0) is 62.9. The highest BCUT2D eigenvalue weighted by molar-refractivity contribution is 7.47. The maximum Gasteiger partial charge on any atom is 0.472 e. The molecule has 17 nitrogen and oxygen atoms in total. The fraction of sp³-hybridized carbons (Fsp3) is 0.939. The molecule has 0 fully saturated rings. The number of hydrogen-bond acceptors (Lipinski definition) is 15. The second-order valence-corrected chi connectivity index (χ2v) is 27.5. The summed E-state index contributed by atoms with van der Waals surface area (Å²) >= 11 is 0. The van der Waals surface area contributed by atoms with Gasteiger partial charge in [-0.25, -0.2) is 9.13 Å². The van der Waals surface area contributed by atoms with Gasteiger partial charge in [0.25, 0.3) is 0 Å². The summed E-state index contributed by atoms with van der Waals surface area (Å²) in [5, 5.41) is 10.5. The number of phosphoric ester groups is 2. The quantitative estimate of drug-likeness (QED) is 0.0222. The zero-order valence-corrected chi connectivity index (χ0v) is 56.7. The Morgan fingerprint density at radius 1 is 0.341 bits per heavy atom. The predicted molar refractivity (Wildman–Crippen MR) is 340 cm³/mol. The summed E-state index contributed by atoms with van der Waals surface area (Å²) in [5.74, 6) is -0.680. The molecule has 0 saturated carbocycles. The molecule has 0 aromatic rings. The van der Waals surface area contributed by atoms with Crippen molar-refractivity contribution in [1.29, 1.82) is 0 Å². The summed E-state index contributed by atoms with van der Waals surface area (Å²) in [6, 6.07) is 0. The molecular formula is C66H128O17P2. The summed E-state index contributed by atoms with van der Waals surface area (Å²) in [7, 11) is -9.88. The Kier molecular flexibility index (Phi) is 57.1. The largest absolute Gasteiger partial charge is 0.472 e. The molecule has 0 aliphatic rings. The molecule has 3 unspecified atom stereocenters. The number of aliphatic hydroxyl groups is 1. The Balaban J connectivity index is 5.15.